The number of fused-ring (bicyclic) bond motifs is 1. The molecule has 5 nitrogen and oxygen atoms in total. The third-order valence-corrected chi connectivity index (χ3v) is 4.89. The van der Waals surface area contributed by atoms with Crippen molar-refractivity contribution < 1.29 is 8.42 Å². The monoisotopic (exact) mass is 299 g/mol. The Morgan fingerprint density at radius 3 is 2.89 bits per heavy atom. The molecule has 0 saturated heterocycles. The van der Waals surface area contributed by atoms with Gasteiger partial charge in [0.2, 0.25) is 10.0 Å². The van der Waals surface area contributed by atoms with E-state index in [4.69, 9.17) is 0 Å². The molecule has 0 aliphatic carbocycles. The van der Waals surface area contributed by atoms with Crippen molar-refractivity contribution in [3.05, 3.63) is 23.8 Å². The van der Waals surface area contributed by atoms with Crippen molar-refractivity contribution >= 4 is 36.7 Å². The lowest BCUT2D eigenvalue weighted by molar-refractivity contribution is 0.597. The maximum Gasteiger partial charge on any atom is 0.235 e. The first-order chi connectivity index (χ1) is 9.00. The fourth-order valence-electron chi connectivity index (χ4n) is 1.64. The van der Waals surface area contributed by atoms with Crippen LogP contribution in [0.4, 0.5) is 5.13 Å². The van der Waals surface area contributed by atoms with Crippen molar-refractivity contribution in [3.8, 4) is 0 Å². The number of sulfonamides is 1. The molecule has 2 rings (SSSR count). The molecule has 2 aromatic rings. The summed E-state index contributed by atoms with van der Waals surface area (Å²) >= 11 is 1.36. The van der Waals surface area contributed by atoms with E-state index in [1.807, 2.05) is 32.0 Å². The van der Waals surface area contributed by atoms with Crippen LogP contribution >= 0.6 is 11.3 Å². The topological polar surface area (TPSA) is 71.1 Å². The molecule has 0 atom stereocenters. The van der Waals surface area contributed by atoms with Gasteiger partial charge in [-0.2, -0.15) is 0 Å². The minimum absolute atomic E-state index is 0.0514. The SMILES string of the molecule is CCNCCS(=O)(=O)Nc1nc2ccc(C)cc2s1. The van der Waals surface area contributed by atoms with Gasteiger partial charge in [0.15, 0.2) is 5.13 Å². The second kappa shape index (κ2) is 5.85. The van der Waals surface area contributed by atoms with Gasteiger partial charge < -0.3 is 5.32 Å². The molecule has 1 aromatic heterocycles. The molecule has 0 amide bonds. The standard InChI is InChI=1S/C12H17N3O2S2/c1-3-13-6-7-19(16,17)15-12-14-10-5-4-9(2)8-11(10)18-12/h4-5,8,13H,3,6-7H2,1-2H3,(H,14,15). The molecule has 0 aliphatic heterocycles. The van der Waals surface area contributed by atoms with Crippen molar-refractivity contribution in [2.24, 2.45) is 0 Å². The molecule has 1 aromatic carbocycles. The van der Waals surface area contributed by atoms with E-state index < -0.39 is 10.0 Å². The maximum absolute atomic E-state index is 11.8. The van der Waals surface area contributed by atoms with Gasteiger partial charge in [-0.1, -0.05) is 24.3 Å². The molecular formula is C12H17N3O2S2. The van der Waals surface area contributed by atoms with Crippen LogP contribution in [0.5, 0.6) is 0 Å². The molecule has 19 heavy (non-hydrogen) atoms. The Balaban J connectivity index is 2.12. The van der Waals surface area contributed by atoms with Crippen molar-refractivity contribution in [3.63, 3.8) is 0 Å². The van der Waals surface area contributed by atoms with E-state index in [2.05, 4.69) is 15.0 Å². The van der Waals surface area contributed by atoms with Crippen LogP contribution in [-0.4, -0.2) is 32.2 Å². The number of anilines is 1. The van der Waals surface area contributed by atoms with E-state index in [1.54, 1.807) is 0 Å². The van der Waals surface area contributed by atoms with Crippen LogP contribution in [-0.2, 0) is 10.0 Å². The summed E-state index contributed by atoms with van der Waals surface area (Å²) in [5.74, 6) is 0.0514. The number of benzene rings is 1. The van der Waals surface area contributed by atoms with Gasteiger partial charge in [-0.3, -0.25) is 4.72 Å². The summed E-state index contributed by atoms with van der Waals surface area (Å²) in [4.78, 5) is 4.28. The minimum atomic E-state index is -3.33. The first-order valence-corrected chi connectivity index (χ1v) is 8.55. The van der Waals surface area contributed by atoms with Crippen LogP contribution in [0.2, 0.25) is 0 Å². The molecule has 2 N–H and O–H groups in total. The van der Waals surface area contributed by atoms with Gasteiger partial charge in [0.25, 0.3) is 0 Å². The van der Waals surface area contributed by atoms with Crippen LogP contribution in [0.1, 0.15) is 12.5 Å². The quantitative estimate of drug-likeness (QED) is 0.800. The second-order valence-corrected chi connectivity index (χ2v) is 7.14. The number of nitrogens with one attached hydrogen (secondary N) is 2. The molecule has 104 valence electrons. The maximum atomic E-state index is 11.8. The van der Waals surface area contributed by atoms with E-state index in [0.717, 1.165) is 22.3 Å². The summed E-state index contributed by atoms with van der Waals surface area (Å²) in [5, 5.41) is 3.42. The van der Waals surface area contributed by atoms with Gasteiger partial charge in [0, 0.05) is 6.54 Å². The number of thiazole rings is 1. The summed E-state index contributed by atoms with van der Waals surface area (Å²) < 4.78 is 27.2. The van der Waals surface area contributed by atoms with Crippen molar-refractivity contribution in [2.45, 2.75) is 13.8 Å². The smallest absolute Gasteiger partial charge is 0.235 e. The summed E-state index contributed by atoms with van der Waals surface area (Å²) in [6.45, 7) is 5.14. The molecule has 0 saturated carbocycles. The number of hydrogen-bond donors (Lipinski definition) is 2. The van der Waals surface area contributed by atoms with Crippen LogP contribution in [0.3, 0.4) is 0 Å². The van der Waals surface area contributed by atoms with Gasteiger partial charge in [-0.15, -0.1) is 0 Å². The van der Waals surface area contributed by atoms with Crippen LogP contribution in [0, 0.1) is 6.92 Å². The highest BCUT2D eigenvalue weighted by atomic mass is 32.2. The third-order valence-electron chi connectivity index (χ3n) is 2.58. The zero-order valence-electron chi connectivity index (χ0n) is 10.9. The Hall–Kier alpha value is -1.18. The van der Waals surface area contributed by atoms with Crippen molar-refractivity contribution in [1.29, 1.82) is 0 Å². The molecule has 0 fully saturated rings. The lowest BCUT2D eigenvalue weighted by Crippen LogP contribution is -2.26. The summed E-state index contributed by atoms with van der Waals surface area (Å²) in [5.41, 5.74) is 1.96. The van der Waals surface area contributed by atoms with Gasteiger partial charge >= 0.3 is 0 Å². The fraction of sp³-hybridized carbons (Fsp3) is 0.417. The van der Waals surface area contributed by atoms with Gasteiger partial charge in [-0.05, 0) is 31.2 Å². The molecule has 0 spiro atoms. The Labute approximate surface area is 117 Å². The van der Waals surface area contributed by atoms with E-state index in [0.29, 0.717) is 11.7 Å². The van der Waals surface area contributed by atoms with Gasteiger partial charge in [-0.25, -0.2) is 13.4 Å². The Kier molecular flexibility index (Phi) is 4.38. The Bertz CT molecular complexity index is 665. The van der Waals surface area contributed by atoms with E-state index >= 15 is 0 Å². The highest BCUT2D eigenvalue weighted by molar-refractivity contribution is 7.92. The predicted molar refractivity (Wildman–Crippen MR) is 80.3 cm³/mol. The highest BCUT2D eigenvalue weighted by Gasteiger charge is 2.13. The van der Waals surface area contributed by atoms with E-state index in [1.165, 1.54) is 11.3 Å². The molecule has 0 radical (unpaired) electrons. The molecule has 1 heterocycles. The lowest BCUT2D eigenvalue weighted by Gasteiger charge is -2.04. The van der Waals surface area contributed by atoms with Gasteiger partial charge in [0.05, 0.1) is 16.0 Å². The summed E-state index contributed by atoms with van der Waals surface area (Å²) in [7, 11) is -3.33. The van der Waals surface area contributed by atoms with Crippen LogP contribution in [0.15, 0.2) is 18.2 Å². The largest absolute Gasteiger partial charge is 0.316 e. The normalized spacial score (nSPS) is 11.9. The third kappa shape index (κ3) is 3.89. The average molecular weight is 299 g/mol. The van der Waals surface area contributed by atoms with E-state index in [9.17, 15) is 8.42 Å². The van der Waals surface area contributed by atoms with Gasteiger partial charge in [0.1, 0.15) is 0 Å². The molecule has 0 bridgehead atoms. The highest BCUT2D eigenvalue weighted by Crippen LogP contribution is 2.27. The number of rotatable bonds is 6. The fourth-order valence-corrected chi connectivity index (χ4v) is 3.83. The molecule has 0 aliphatic rings. The number of aryl methyl sites for hydroxylation is 1. The molecular weight excluding hydrogens is 282 g/mol. The zero-order valence-corrected chi connectivity index (χ0v) is 12.6. The van der Waals surface area contributed by atoms with Crippen molar-refractivity contribution in [1.82, 2.24) is 10.3 Å². The summed E-state index contributed by atoms with van der Waals surface area (Å²) in [6.07, 6.45) is 0. The van der Waals surface area contributed by atoms with E-state index in [-0.39, 0.29) is 5.75 Å². The summed E-state index contributed by atoms with van der Waals surface area (Å²) in [6, 6.07) is 5.87. The van der Waals surface area contributed by atoms with Crippen LogP contribution < -0.4 is 10.0 Å². The Morgan fingerprint density at radius 2 is 2.16 bits per heavy atom. The number of hydrogen-bond acceptors (Lipinski definition) is 5. The number of nitrogens with zero attached hydrogens (tertiary/aromatic N) is 1. The first kappa shape index (κ1) is 14.2. The van der Waals surface area contributed by atoms with Crippen LogP contribution in [0.25, 0.3) is 10.2 Å². The molecule has 7 heteroatoms. The lowest BCUT2D eigenvalue weighted by atomic mass is 10.2. The van der Waals surface area contributed by atoms with Crippen molar-refractivity contribution in [2.75, 3.05) is 23.6 Å². The first-order valence-electron chi connectivity index (χ1n) is 6.08. The zero-order chi connectivity index (χ0) is 13.9. The number of aromatic nitrogens is 1. The predicted octanol–water partition coefficient (Wildman–Crippen LogP) is 1.96. The second-order valence-electron chi connectivity index (χ2n) is 4.26. The Morgan fingerprint density at radius 1 is 1.37 bits per heavy atom. The molecule has 0 unspecified atom stereocenters. The minimum Gasteiger partial charge on any atom is -0.316 e. The average Bonchev–Trinajstić information content (AvgIpc) is 2.69.